The summed E-state index contributed by atoms with van der Waals surface area (Å²) in [5.41, 5.74) is 0.843. The van der Waals surface area contributed by atoms with Gasteiger partial charge in [0.1, 0.15) is 0 Å². The third-order valence-electron chi connectivity index (χ3n) is 1.80. The first-order valence-corrected chi connectivity index (χ1v) is 4.56. The maximum Gasteiger partial charge on any atom is 0.234 e. The van der Waals surface area contributed by atoms with Crippen LogP contribution in [0.25, 0.3) is 0 Å². The van der Waals surface area contributed by atoms with Crippen LogP contribution in [0.15, 0.2) is 16.8 Å². The lowest BCUT2D eigenvalue weighted by molar-refractivity contribution is -0.121. The van der Waals surface area contributed by atoms with Gasteiger partial charge in [0.2, 0.25) is 5.91 Å². The van der Waals surface area contributed by atoms with Gasteiger partial charge in [-0.2, -0.15) is 11.3 Å². The summed E-state index contributed by atoms with van der Waals surface area (Å²) in [5, 5.41) is 3.77. The number of ketones is 1. The Bertz CT molecular complexity index is 318. The number of Topliss-reactive ketones (excluding diaryl/α,β-unsaturated/α-hetero) is 1. The van der Waals surface area contributed by atoms with E-state index in [0.717, 1.165) is 5.69 Å². The molecule has 1 amide bonds. The second kappa shape index (κ2) is 2.71. The molecule has 0 aromatic carbocycles. The largest absolute Gasteiger partial charge is 0.304 e. The summed E-state index contributed by atoms with van der Waals surface area (Å²) >= 11 is 1.52. The Labute approximate surface area is 73.6 Å². The molecule has 1 aromatic rings. The lowest BCUT2D eigenvalue weighted by Gasteiger charge is -2.10. The second-order valence-corrected chi connectivity index (χ2v) is 3.46. The van der Waals surface area contributed by atoms with Gasteiger partial charge in [0.15, 0.2) is 5.78 Å². The van der Waals surface area contributed by atoms with Gasteiger partial charge in [0, 0.05) is 5.38 Å². The Morgan fingerprint density at radius 3 is 2.75 bits per heavy atom. The maximum atomic E-state index is 11.2. The number of rotatable bonds is 1. The van der Waals surface area contributed by atoms with Crippen LogP contribution in [0.2, 0.25) is 0 Å². The molecule has 0 bridgehead atoms. The Morgan fingerprint density at radius 1 is 1.42 bits per heavy atom. The summed E-state index contributed by atoms with van der Waals surface area (Å²) in [6, 6.07) is 1.85. The fraction of sp³-hybridized carbons (Fsp3) is 0.250. The molecule has 3 nitrogen and oxygen atoms in total. The molecule has 1 aliphatic heterocycles. The lowest BCUT2D eigenvalue weighted by Crippen LogP contribution is -2.23. The third-order valence-corrected chi connectivity index (χ3v) is 2.47. The van der Waals surface area contributed by atoms with Gasteiger partial charge in [-0.3, -0.25) is 9.59 Å². The summed E-state index contributed by atoms with van der Waals surface area (Å²) in [6.45, 7) is 0.246. The third kappa shape index (κ3) is 1.14. The topological polar surface area (TPSA) is 37.4 Å². The zero-order chi connectivity index (χ0) is 8.55. The quantitative estimate of drug-likeness (QED) is 0.607. The predicted molar refractivity (Wildman–Crippen MR) is 46.3 cm³/mol. The van der Waals surface area contributed by atoms with Crippen LogP contribution in [0.5, 0.6) is 0 Å². The Balaban J connectivity index is 2.26. The Kier molecular flexibility index (Phi) is 1.69. The molecule has 0 spiro atoms. The van der Waals surface area contributed by atoms with E-state index in [9.17, 15) is 9.59 Å². The molecule has 4 heteroatoms. The molecule has 0 atom stereocenters. The average molecular weight is 181 g/mol. The van der Waals surface area contributed by atoms with Crippen molar-refractivity contribution in [1.29, 1.82) is 0 Å². The molecular weight excluding hydrogens is 174 g/mol. The van der Waals surface area contributed by atoms with Gasteiger partial charge < -0.3 is 4.90 Å². The van der Waals surface area contributed by atoms with Crippen molar-refractivity contribution in [2.75, 3.05) is 11.4 Å². The van der Waals surface area contributed by atoms with E-state index in [2.05, 4.69) is 0 Å². The monoisotopic (exact) mass is 181 g/mol. The van der Waals surface area contributed by atoms with Crippen molar-refractivity contribution >= 4 is 28.7 Å². The summed E-state index contributed by atoms with van der Waals surface area (Å²) in [5.74, 6) is -0.0791. The normalized spacial score (nSPS) is 17.5. The van der Waals surface area contributed by atoms with E-state index < -0.39 is 0 Å². The van der Waals surface area contributed by atoms with Crippen LogP contribution in [-0.2, 0) is 9.59 Å². The minimum Gasteiger partial charge on any atom is -0.304 e. The number of nitrogens with zero attached hydrogens (tertiary/aromatic N) is 1. The molecule has 0 saturated carbocycles. The lowest BCUT2D eigenvalue weighted by atomic mass is 10.3. The van der Waals surface area contributed by atoms with E-state index in [1.54, 1.807) is 0 Å². The van der Waals surface area contributed by atoms with Crippen molar-refractivity contribution in [3.05, 3.63) is 16.8 Å². The minimum atomic E-state index is -0.0848. The highest BCUT2D eigenvalue weighted by atomic mass is 32.1. The molecule has 0 radical (unpaired) electrons. The fourth-order valence-electron chi connectivity index (χ4n) is 1.23. The molecule has 0 N–H and O–H groups in total. The zero-order valence-electron chi connectivity index (χ0n) is 6.32. The standard InChI is InChI=1S/C8H7NO2S/c10-7-3-8(11)9(4-7)6-1-2-12-5-6/h1-2,5H,3-4H2. The van der Waals surface area contributed by atoms with Crippen LogP contribution in [0, 0.1) is 0 Å². The van der Waals surface area contributed by atoms with Crippen LogP contribution in [0.4, 0.5) is 5.69 Å². The van der Waals surface area contributed by atoms with Crippen LogP contribution >= 0.6 is 11.3 Å². The molecule has 2 rings (SSSR count). The van der Waals surface area contributed by atoms with Crippen molar-refractivity contribution < 1.29 is 9.59 Å². The Morgan fingerprint density at radius 2 is 2.25 bits per heavy atom. The predicted octanol–water partition coefficient (Wildman–Crippen LogP) is 1.05. The molecular formula is C8H7NO2S. The average Bonchev–Trinajstić information content (AvgIpc) is 2.58. The van der Waals surface area contributed by atoms with Gasteiger partial charge in [-0.15, -0.1) is 0 Å². The van der Waals surface area contributed by atoms with Gasteiger partial charge in [-0.05, 0) is 11.4 Å². The number of hydrogen-bond acceptors (Lipinski definition) is 3. The molecule has 1 fully saturated rings. The summed E-state index contributed by atoms with van der Waals surface area (Å²) in [4.78, 5) is 23.6. The van der Waals surface area contributed by atoms with Crippen LogP contribution < -0.4 is 4.90 Å². The van der Waals surface area contributed by atoms with Gasteiger partial charge >= 0.3 is 0 Å². The second-order valence-electron chi connectivity index (χ2n) is 2.68. The van der Waals surface area contributed by atoms with Crippen molar-refractivity contribution in [1.82, 2.24) is 0 Å². The van der Waals surface area contributed by atoms with Crippen molar-refractivity contribution in [3.63, 3.8) is 0 Å². The number of carbonyl (C=O) groups is 2. The van der Waals surface area contributed by atoms with Gasteiger partial charge in [0.05, 0.1) is 18.7 Å². The SMILES string of the molecule is O=C1CC(=O)N(c2ccsc2)C1. The number of thiophene rings is 1. The number of amides is 1. The molecule has 1 aromatic heterocycles. The molecule has 1 saturated heterocycles. The highest BCUT2D eigenvalue weighted by molar-refractivity contribution is 7.08. The first kappa shape index (κ1) is 7.49. The maximum absolute atomic E-state index is 11.2. The van der Waals surface area contributed by atoms with Crippen molar-refractivity contribution in [2.45, 2.75) is 6.42 Å². The van der Waals surface area contributed by atoms with E-state index in [4.69, 9.17) is 0 Å². The van der Waals surface area contributed by atoms with Crippen LogP contribution in [-0.4, -0.2) is 18.2 Å². The van der Waals surface area contributed by atoms with E-state index in [0.29, 0.717) is 0 Å². The summed E-state index contributed by atoms with van der Waals surface area (Å²) in [6.07, 6.45) is 0.0653. The molecule has 62 valence electrons. The fourth-order valence-corrected chi connectivity index (χ4v) is 1.87. The molecule has 0 aliphatic carbocycles. The number of anilines is 1. The van der Waals surface area contributed by atoms with Gasteiger partial charge in [-0.1, -0.05) is 0 Å². The van der Waals surface area contributed by atoms with Crippen molar-refractivity contribution in [2.24, 2.45) is 0 Å². The number of carbonyl (C=O) groups excluding carboxylic acids is 2. The van der Waals surface area contributed by atoms with Crippen LogP contribution in [0.3, 0.4) is 0 Å². The van der Waals surface area contributed by atoms with E-state index >= 15 is 0 Å². The summed E-state index contributed by atoms with van der Waals surface area (Å²) < 4.78 is 0. The molecule has 1 aliphatic rings. The summed E-state index contributed by atoms with van der Waals surface area (Å²) in [7, 11) is 0. The van der Waals surface area contributed by atoms with E-state index in [1.165, 1.54) is 16.2 Å². The molecule has 12 heavy (non-hydrogen) atoms. The zero-order valence-corrected chi connectivity index (χ0v) is 7.13. The molecule has 0 unspecified atom stereocenters. The van der Waals surface area contributed by atoms with Crippen molar-refractivity contribution in [3.8, 4) is 0 Å². The van der Waals surface area contributed by atoms with Gasteiger partial charge in [0.25, 0.3) is 0 Å². The first-order chi connectivity index (χ1) is 5.77. The highest BCUT2D eigenvalue weighted by Crippen LogP contribution is 2.21. The van der Waals surface area contributed by atoms with E-state index in [1.807, 2.05) is 16.8 Å². The first-order valence-electron chi connectivity index (χ1n) is 3.61. The number of hydrogen-bond donors (Lipinski definition) is 0. The van der Waals surface area contributed by atoms with E-state index in [-0.39, 0.29) is 24.7 Å². The van der Waals surface area contributed by atoms with Crippen LogP contribution in [0.1, 0.15) is 6.42 Å². The molecule has 2 heterocycles. The van der Waals surface area contributed by atoms with Gasteiger partial charge in [-0.25, -0.2) is 0 Å². The highest BCUT2D eigenvalue weighted by Gasteiger charge is 2.28. The minimum absolute atomic E-state index is 0.00574. The Hall–Kier alpha value is -1.16. The smallest absolute Gasteiger partial charge is 0.234 e.